The molecule has 3 aliphatic rings. The molecular formula is C36H47N7O3S. The fourth-order valence-corrected chi connectivity index (χ4v) is 8.64. The Morgan fingerprint density at radius 1 is 1.13 bits per heavy atom. The maximum atomic E-state index is 14.3. The molecule has 2 aromatic heterocycles. The minimum Gasteiger partial charge on any atom is -0.493 e. The minimum atomic E-state index is -0.621. The van der Waals surface area contributed by atoms with Crippen LogP contribution in [0.4, 0.5) is 10.5 Å². The number of carbonyl (C=O) groups excluding carboxylic acids is 1. The average Bonchev–Trinajstić information content (AvgIpc) is 3.62. The molecule has 1 aliphatic carbocycles. The van der Waals surface area contributed by atoms with Gasteiger partial charge in [0, 0.05) is 66.8 Å². The number of urea groups is 1. The summed E-state index contributed by atoms with van der Waals surface area (Å²) in [5.41, 5.74) is 9.66. The third-order valence-electron chi connectivity index (χ3n) is 10.1. The standard InChI is InChI=1S/C36H47N7O3S/c1-23-26-20-42-30-17-27(41(5)35(44)43(39-36(2,3)38-23)47-22-24-18-37-40(4)19-24)15-16-28(30)32(25-11-8-7-9-12-25)33(42)29-13-10-14-31(45-6)34(29)46-21-26/h10,13-19,23,25-26,38-39H,7-9,11-12,20-22H2,1-6H3/t23?,26-/m0/s1. The van der Waals surface area contributed by atoms with Crippen LogP contribution in [0.3, 0.4) is 0 Å². The number of methoxy groups -OCH3 is 1. The number of anilines is 1. The molecule has 2 aliphatic heterocycles. The van der Waals surface area contributed by atoms with Gasteiger partial charge in [0.15, 0.2) is 11.5 Å². The summed E-state index contributed by atoms with van der Waals surface area (Å²) in [4.78, 5) is 16.0. The number of hydrazine groups is 1. The van der Waals surface area contributed by atoms with Crippen molar-refractivity contribution in [3.05, 3.63) is 59.9 Å². The highest BCUT2D eigenvalue weighted by atomic mass is 32.2. The molecule has 47 heavy (non-hydrogen) atoms. The lowest BCUT2D eigenvalue weighted by Crippen LogP contribution is -2.63. The summed E-state index contributed by atoms with van der Waals surface area (Å²) in [7, 11) is 5.49. The highest BCUT2D eigenvalue weighted by molar-refractivity contribution is 7.96. The van der Waals surface area contributed by atoms with Crippen LogP contribution >= 0.6 is 11.9 Å². The van der Waals surface area contributed by atoms with E-state index in [0.717, 1.165) is 40.4 Å². The lowest BCUT2D eigenvalue weighted by molar-refractivity contribution is 0.136. The predicted molar refractivity (Wildman–Crippen MR) is 189 cm³/mol. The Kier molecular flexibility index (Phi) is 8.65. The molecule has 10 nitrogen and oxygen atoms in total. The highest BCUT2D eigenvalue weighted by Gasteiger charge is 2.36. The Balaban J connectivity index is 1.41. The number of aromatic nitrogens is 3. The van der Waals surface area contributed by atoms with Gasteiger partial charge in [-0.1, -0.05) is 31.4 Å². The second-order valence-corrected chi connectivity index (χ2v) is 14.8. The van der Waals surface area contributed by atoms with Crippen molar-refractivity contribution in [2.45, 2.75) is 82.8 Å². The minimum absolute atomic E-state index is 0.0409. The van der Waals surface area contributed by atoms with Crippen molar-refractivity contribution < 1.29 is 14.3 Å². The second-order valence-electron chi connectivity index (χ2n) is 13.9. The maximum absolute atomic E-state index is 14.3. The van der Waals surface area contributed by atoms with Crippen LogP contribution in [0.25, 0.3) is 22.2 Å². The third kappa shape index (κ3) is 6.09. The molecule has 11 heteroatoms. The smallest absolute Gasteiger partial charge is 0.349 e. The van der Waals surface area contributed by atoms with E-state index in [2.05, 4.69) is 71.5 Å². The van der Waals surface area contributed by atoms with Crippen molar-refractivity contribution in [2.24, 2.45) is 13.0 Å². The topological polar surface area (TPSA) is 88.8 Å². The van der Waals surface area contributed by atoms with Crippen LogP contribution in [0.1, 0.15) is 69.9 Å². The van der Waals surface area contributed by atoms with Crippen molar-refractivity contribution >= 4 is 34.6 Å². The van der Waals surface area contributed by atoms with Gasteiger partial charge in [0.25, 0.3) is 0 Å². The summed E-state index contributed by atoms with van der Waals surface area (Å²) in [5, 5.41) is 9.41. The summed E-state index contributed by atoms with van der Waals surface area (Å²) in [6.07, 6.45) is 9.95. The van der Waals surface area contributed by atoms with Gasteiger partial charge in [-0.25, -0.2) is 10.2 Å². The molecule has 1 unspecified atom stereocenters. The number of benzene rings is 2. The SMILES string of the molecule is COc1cccc2c1OC[C@@H]1Cn3c-2c(C2CCCCC2)c2ccc(cc23)N(C)C(=O)N(SCc2cnn(C)c2)NC(C)(C)NC1C. The molecule has 7 rings (SSSR count). The Morgan fingerprint density at radius 2 is 1.94 bits per heavy atom. The van der Waals surface area contributed by atoms with E-state index in [-0.39, 0.29) is 18.0 Å². The molecule has 4 bridgehead atoms. The monoisotopic (exact) mass is 657 g/mol. The molecule has 2 amide bonds. The number of amides is 2. The van der Waals surface area contributed by atoms with Gasteiger partial charge < -0.3 is 14.0 Å². The summed E-state index contributed by atoms with van der Waals surface area (Å²) in [5.74, 6) is 2.74. The van der Waals surface area contributed by atoms with Crippen LogP contribution in [-0.2, 0) is 19.3 Å². The van der Waals surface area contributed by atoms with Crippen LogP contribution in [0, 0.1) is 5.92 Å². The first-order valence-electron chi connectivity index (χ1n) is 16.8. The van der Waals surface area contributed by atoms with Crippen molar-refractivity contribution in [1.82, 2.24) is 29.5 Å². The van der Waals surface area contributed by atoms with Crippen molar-refractivity contribution in [1.29, 1.82) is 0 Å². The summed E-state index contributed by atoms with van der Waals surface area (Å²) >= 11 is 1.43. The van der Waals surface area contributed by atoms with Gasteiger partial charge in [0.05, 0.1) is 36.8 Å². The number of nitrogens with one attached hydrogen (secondary N) is 2. The van der Waals surface area contributed by atoms with Gasteiger partial charge in [-0.15, -0.1) is 0 Å². The first-order valence-corrected chi connectivity index (χ1v) is 17.8. The normalized spacial score (nSPS) is 21.9. The zero-order chi connectivity index (χ0) is 32.9. The first kappa shape index (κ1) is 31.9. The van der Waals surface area contributed by atoms with Crippen LogP contribution in [0.5, 0.6) is 11.5 Å². The lowest BCUT2D eigenvalue weighted by Gasteiger charge is -2.39. The number of fused-ring (bicyclic) bond motifs is 4. The summed E-state index contributed by atoms with van der Waals surface area (Å²) in [6.45, 7) is 7.68. The quantitative estimate of drug-likeness (QED) is 0.223. The largest absolute Gasteiger partial charge is 0.493 e. The number of nitrogens with zero attached hydrogens (tertiary/aromatic N) is 5. The molecule has 250 valence electrons. The van der Waals surface area contributed by atoms with E-state index < -0.39 is 5.66 Å². The first-order chi connectivity index (χ1) is 22.6. The molecule has 0 radical (unpaired) electrons. The fraction of sp³-hybridized carbons (Fsp3) is 0.500. The van der Waals surface area contributed by atoms with Crippen molar-refractivity contribution in [2.75, 3.05) is 25.7 Å². The Bertz CT molecular complexity index is 1780. The highest BCUT2D eigenvalue weighted by Crippen LogP contribution is 2.50. The Morgan fingerprint density at radius 3 is 2.68 bits per heavy atom. The summed E-state index contributed by atoms with van der Waals surface area (Å²) in [6, 6.07) is 12.7. The Hall–Kier alpha value is -3.67. The van der Waals surface area contributed by atoms with Gasteiger partial charge in [-0.2, -0.15) is 9.51 Å². The van der Waals surface area contributed by atoms with Gasteiger partial charge in [-0.3, -0.25) is 14.9 Å². The number of ether oxygens (including phenoxy) is 2. The molecular weight excluding hydrogens is 611 g/mol. The third-order valence-corrected chi connectivity index (χ3v) is 11.0. The van der Waals surface area contributed by atoms with E-state index in [1.54, 1.807) is 21.1 Å². The number of hydrogen-bond acceptors (Lipinski definition) is 7. The maximum Gasteiger partial charge on any atom is 0.349 e. The number of carbonyl (C=O) groups is 1. The molecule has 0 spiro atoms. The number of rotatable bonds is 5. The van der Waals surface area contributed by atoms with Crippen LogP contribution in [0.15, 0.2) is 48.8 Å². The zero-order valence-electron chi connectivity index (χ0n) is 28.4. The molecule has 1 saturated carbocycles. The number of aryl methyl sites for hydroxylation is 1. The average molecular weight is 658 g/mol. The van der Waals surface area contributed by atoms with E-state index in [9.17, 15) is 4.79 Å². The molecule has 2 atom stereocenters. The number of hydrogen-bond donors (Lipinski definition) is 2. The van der Waals surface area contributed by atoms with Crippen LogP contribution < -0.4 is 25.1 Å². The van der Waals surface area contributed by atoms with Crippen molar-refractivity contribution in [3.63, 3.8) is 0 Å². The van der Waals surface area contributed by atoms with Crippen LogP contribution in [-0.4, -0.2) is 57.3 Å². The lowest BCUT2D eigenvalue weighted by atomic mass is 9.81. The van der Waals surface area contributed by atoms with Crippen molar-refractivity contribution in [3.8, 4) is 22.8 Å². The fourth-order valence-electron chi connectivity index (χ4n) is 7.69. The van der Waals surface area contributed by atoms with E-state index >= 15 is 0 Å². The molecule has 1 fully saturated rings. The Labute approximate surface area is 281 Å². The predicted octanol–water partition coefficient (Wildman–Crippen LogP) is 7.05. The number of para-hydroxylation sites is 1. The molecule has 2 N–H and O–H groups in total. The van der Waals surface area contributed by atoms with E-state index in [1.165, 1.54) is 60.7 Å². The van der Waals surface area contributed by atoms with Gasteiger partial charge >= 0.3 is 6.03 Å². The zero-order valence-corrected chi connectivity index (χ0v) is 29.2. The van der Waals surface area contributed by atoms with Gasteiger partial charge in [0.1, 0.15) is 0 Å². The second kappa shape index (κ2) is 12.7. The molecule has 2 aromatic carbocycles. The molecule has 4 aromatic rings. The molecule has 0 saturated heterocycles. The van der Waals surface area contributed by atoms with Gasteiger partial charge in [0.2, 0.25) is 0 Å². The van der Waals surface area contributed by atoms with E-state index in [0.29, 0.717) is 18.3 Å². The van der Waals surface area contributed by atoms with E-state index in [1.807, 2.05) is 32.6 Å². The summed E-state index contributed by atoms with van der Waals surface area (Å²) < 4.78 is 18.6. The van der Waals surface area contributed by atoms with Gasteiger partial charge in [-0.05, 0) is 81.3 Å². The van der Waals surface area contributed by atoms with E-state index in [4.69, 9.17) is 9.47 Å². The molecule has 4 heterocycles. The van der Waals surface area contributed by atoms with Crippen LogP contribution in [0.2, 0.25) is 0 Å².